The molecule has 2 aromatic rings. The second kappa shape index (κ2) is 14.3. The average Bonchev–Trinajstić information content (AvgIpc) is 3.27. The van der Waals surface area contributed by atoms with Crippen molar-refractivity contribution in [1.29, 1.82) is 0 Å². The molecule has 1 aliphatic carbocycles. The minimum absolute atomic E-state index is 0.194. The smallest absolute Gasteiger partial charge is 0.410 e. The third-order valence-corrected chi connectivity index (χ3v) is 9.55. The molecule has 12 heteroatoms. The van der Waals surface area contributed by atoms with Crippen LogP contribution in [-0.4, -0.2) is 88.2 Å². The van der Waals surface area contributed by atoms with Gasteiger partial charge in [0.2, 0.25) is 0 Å². The lowest BCUT2D eigenvalue weighted by atomic mass is 9.74. The van der Waals surface area contributed by atoms with Crippen molar-refractivity contribution in [2.45, 2.75) is 91.3 Å². The molecule has 4 heterocycles. The number of aromatic nitrogens is 2. The Morgan fingerprint density at radius 2 is 1.34 bits per heavy atom. The normalized spacial score (nSPS) is 18.5. The number of Topliss-reactive ketones (excluding diaryl/α,β-unsaturated/α-hetero) is 1. The Labute approximate surface area is 285 Å². The quantitative estimate of drug-likeness (QED) is 0.262. The maximum atomic E-state index is 12.7. The predicted molar refractivity (Wildman–Crippen MR) is 179 cm³/mol. The summed E-state index contributed by atoms with van der Waals surface area (Å²) in [6.45, 7) is 13.1. The Morgan fingerprint density at radius 1 is 0.830 bits per heavy atom. The van der Waals surface area contributed by atoms with E-state index in [9.17, 15) is 19.2 Å². The third kappa shape index (κ3) is 8.88. The van der Waals surface area contributed by atoms with E-state index in [4.69, 9.17) is 14.2 Å². The largest absolute Gasteiger partial charge is 0.469 e. The lowest BCUT2D eigenvalue weighted by molar-refractivity contribution is -0.156. The van der Waals surface area contributed by atoms with E-state index in [0.29, 0.717) is 64.7 Å². The van der Waals surface area contributed by atoms with Crippen LogP contribution in [-0.2, 0) is 31.8 Å². The van der Waals surface area contributed by atoms with Gasteiger partial charge in [-0.25, -0.2) is 9.59 Å². The molecule has 0 aromatic carbocycles. The number of ketones is 1. The first-order valence-corrected chi connectivity index (χ1v) is 16.9. The van der Waals surface area contributed by atoms with Gasteiger partial charge in [-0.15, -0.1) is 0 Å². The van der Waals surface area contributed by atoms with Gasteiger partial charge in [-0.3, -0.25) is 19.6 Å². The summed E-state index contributed by atoms with van der Waals surface area (Å²) in [5.74, 6) is -0.0617. The van der Waals surface area contributed by atoms with Crippen molar-refractivity contribution in [2.24, 2.45) is 10.8 Å². The number of carbonyl (C=O) groups excluding carboxylic acids is 4. The van der Waals surface area contributed by atoms with Gasteiger partial charge in [-0.05, 0) is 107 Å². The summed E-state index contributed by atoms with van der Waals surface area (Å²) < 4.78 is 16.8. The molecule has 2 aromatic heterocycles. The fraction of sp³-hybridized carbons (Fsp3) is 0.600. The Morgan fingerprint density at radius 3 is 1.83 bits per heavy atom. The first kappa shape index (κ1) is 36.3. The number of methoxy groups -OCH3 is 1. The van der Waals surface area contributed by atoms with Crippen LogP contribution in [0, 0.1) is 10.8 Å². The SMILES string of the molecule is CC(C)(C)OC(=O)N1CCC2(CC1)Cc1ncccc1C2=O.COC(=O)C1(Cc2ncccc2Br)CCN(C(=O)OC(C)(C)C)CC1. The Bertz CT molecular complexity index is 1470. The molecule has 256 valence electrons. The van der Waals surface area contributed by atoms with Gasteiger partial charge in [0.05, 0.1) is 23.9 Å². The lowest BCUT2D eigenvalue weighted by Crippen LogP contribution is -2.49. The zero-order chi connectivity index (χ0) is 34.6. The summed E-state index contributed by atoms with van der Waals surface area (Å²) in [6.07, 6.45) is 6.38. The molecular formula is C35H47BrN4O7. The molecule has 0 bridgehead atoms. The van der Waals surface area contributed by atoms with Crippen molar-refractivity contribution in [1.82, 2.24) is 19.8 Å². The summed E-state index contributed by atoms with van der Waals surface area (Å²) in [6, 6.07) is 7.41. The lowest BCUT2D eigenvalue weighted by Gasteiger charge is -2.40. The summed E-state index contributed by atoms with van der Waals surface area (Å²) in [4.78, 5) is 61.7. The molecule has 0 unspecified atom stereocenters. The average molecular weight is 716 g/mol. The van der Waals surface area contributed by atoms with E-state index >= 15 is 0 Å². The summed E-state index contributed by atoms with van der Waals surface area (Å²) in [7, 11) is 1.40. The van der Waals surface area contributed by atoms with Crippen LogP contribution in [0.5, 0.6) is 0 Å². The van der Waals surface area contributed by atoms with Crippen molar-refractivity contribution in [2.75, 3.05) is 33.3 Å². The van der Waals surface area contributed by atoms with E-state index < -0.39 is 16.6 Å². The summed E-state index contributed by atoms with van der Waals surface area (Å²) >= 11 is 3.49. The van der Waals surface area contributed by atoms with Crippen molar-refractivity contribution in [3.63, 3.8) is 0 Å². The van der Waals surface area contributed by atoms with E-state index in [0.717, 1.165) is 21.4 Å². The van der Waals surface area contributed by atoms with E-state index in [1.54, 1.807) is 22.2 Å². The van der Waals surface area contributed by atoms with E-state index in [-0.39, 0.29) is 29.4 Å². The molecule has 0 radical (unpaired) electrons. The van der Waals surface area contributed by atoms with E-state index in [1.807, 2.05) is 65.8 Å². The van der Waals surface area contributed by atoms with Gasteiger partial charge < -0.3 is 24.0 Å². The minimum Gasteiger partial charge on any atom is -0.469 e. The van der Waals surface area contributed by atoms with Crippen LogP contribution in [0.25, 0.3) is 0 Å². The van der Waals surface area contributed by atoms with E-state index in [1.165, 1.54) is 7.11 Å². The number of pyridine rings is 2. The highest BCUT2D eigenvalue weighted by Crippen LogP contribution is 2.44. The molecule has 0 atom stereocenters. The molecule has 2 saturated heterocycles. The van der Waals surface area contributed by atoms with Gasteiger partial charge in [0.1, 0.15) is 11.2 Å². The zero-order valence-corrected chi connectivity index (χ0v) is 30.1. The molecule has 2 aliphatic heterocycles. The van der Waals surface area contributed by atoms with Crippen molar-refractivity contribution in [3.05, 3.63) is 58.1 Å². The fourth-order valence-corrected chi connectivity index (χ4v) is 6.70. The number of hydrogen-bond donors (Lipinski definition) is 0. The van der Waals surface area contributed by atoms with Gasteiger partial charge in [0.25, 0.3) is 0 Å². The second-order valence-electron chi connectivity index (χ2n) is 14.6. The number of esters is 1. The van der Waals surface area contributed by atoms with Crippen LogP contribution >= 0.6 is 15.9 Å². The van der Waals surface area contributed by atoms with Gasteiger partial charge in [-0.2, -0.15) is 0 Å². The van der Waals surface area contributed by atoms with Gasteiger partial charge in [0, 0.05) is 66.9 Å². The highest BCUT2D eigenvalue weighted by molar-refractivity contribution is 9.10. The number of carbonyl (C=O) groups is 4. The highest BCUT2D eigenvalue weighted by Gasteiger charge is 2.48. The number of amides is 2. The molecule has 47 heavy (non-hydrogen) atoms. The maximum Gasteiger partial charge on any atom is 0.410 e. The van der Waals surface area contributed by atoms with Crippen molar-refractivity contribution < 1.29 is 33.4 Å². The summed E-state index contributed by atoms with van der Waals surface area (Å²) in [5.41, 5.74) is 0.409. The topological polar surface area (TPSA) is 128 Å². The molecule has 1 spiro atoms. The Hall–Kier alpha value is -3.54. The Balaban J connectivity index is 0.000000214. The number of halogens is 1. The minimum atomic E-state index is -0.676. The van der Waals surface area contributed by atoms with E-state index in [2.05, 4.69) is 25.9 Å². The molecule has 5 rings (SSSR count). The fourth-order valence-electron chi connectivity index (χ4n) is 6.30. The maximum absolute atomic E-state index is 12.7. The number of fused-ring (bicyclic) bond motifs is 1. The first-order valence-electron chi connectivity index (χ1n) is 16.1. The third-order valence-electron chi connectivity index (χ3n) is 8.83. The molecule has 0 saturated carbocycles. The van der Waals surface area contributed by atoms with Crippen LogP contribution in [0.15, 0.2) is 41.1 Å². The summed E-state index contributed by atoms with van der Waals surface area (Å²) in [5, 5.41) is 0. The van der Waals surface area contributed by atoms with Crippen LogP contribution in [0.4, 0.5) is 9.59 Å². The van der Waals surface area contributed by atoms with Gasteiger partial charge >= 0.3 is 18.2 Å². The monoisotopic (exact) mass is 714 g/mol. The molecule has 2 amide bonds. The number of piperidine rings is 2. The zero-order valence-electron chi connectivity index (χ0n) is 28.6. The van der Waals surface area contributed by atoms with Gasteiger partial charge in [0.15, 0.2) is 5.78 Å². The van der Waals surface area contributed by atoms with Crippen molar-refractivity contribution in [3.8, 4) is 0 Å². The second-order valence-corrected chi connectivity index (χ2v) is 15.5. The van der Waals surface area contributed by atoms with Crippen LogP contribution < -0.4 is 0 Å². The molecule has 3 aliphatic rings. The number of ether oxygens (including phenoxy) is 3. The highest BCUT2D eigenvalue weighted by atomic mass is 79.9. The molecule has 0 N–H and O–H groups in total. The Kier molecular flexibility index (Phi) is 11.0. The molecule has 11 nitrogen and oxygen atoms in total. The predicted octanol–water partition coefficient (Wildman–Crippen LogP) is 6.41. The number of hydrogen-bond acceptors (Lipinski definition) is 9. The first-order chi connectivity index (χ1) is 22.0. The van der Waals surface area contributed by atoms with Crippen molar-refractivity contribution >= 4 is 39.9 Å². The van der Waals surface area contributed by atoms with Crippen LogP contribution in [0.3, 0.4) is 0 Å². The van der Waals surface area contributed by atoms with Gasteiger partial charge in [-0.1, -0.05) is 0 Å². The standard InChI is InChI=1S/C18H25BrN2O4.C17H22N2O3/c1-17(2,3)25-16(23)21-10-7-18(8-11-21,15(22)24-4)12-14-13(19)6-5-9-20-14;1-16(2,3)22-15(21)19-9-6-17(7-10-19)11-13-12(14(17)20)5-4-8-18-13/h5-6,9H,7-8,10-12H2,1-4H3;4-5,8H,6-7,9-11H2,1-3H3. The molecular weight excluding hydrogens is 668 g/mol. The number of nitrogens with zero attached hydrogens (tertiary/aromatic N) is 4. The molecule has 2 fully saturated rings. The van der Waals surface area contributed by atoms with Crippen LogP contribution in [0.1, 0.15) is 89.0 Å². The van der Waals surface area contributed by atoms with Crippen LogP contribution in [0.2, 0.25) is 0 Å². The number of likely N-dealkylation sites (tertiary alicyclic amines) is 2. The number of rotatable bonds is 3.